The van der Waals surface area contributed by atoms with Crippen molar-refractivity contribution in [2.24, 2.45) is 23.5 Å². The van der Waals surface area contributed by atoms with Gasteiger partial charge in [0.25, 0.3) is 0 Å². The minimum absolute atomic E-state index is 0.283. The maximum absolute atomic E-state index is 12.5. The molecule has 0 radical (unpaired) electrons. The Morgan fingerprint density at radius 2 is 1.82 bits per heavy atom. The summed E-state index contributed by atoms with van der Waals surface area (Å²) < 4.78 is 0. The normalized spacial score (nSPS) is 38.4. The van der Waals surface area contributed by atoms with Crippen molar-refractivity contribution >= 4 is 5.91 Å². The smallest absolute Gasteiger partial charge is 0.225 e. The van der Waals surface area contributed by atoms with Gasteiger partial charge in [0.1, 0.15) is 0 Å². The predicted octanol–water partition coefficient (Wildman–Crippen LogP) is 2.01. The Labute approximate surface area is 105 Å². The van der Waals surface area contributed by atoms with E-state index in [0.717, 1.165) is 31.7 Å². The zero-order chi connectivity index (χ0) is 12.4. The number of rotatable bonds is 2. The first-order valence-corrected chi connectivity index (χ1v) is 7.14. The second kappa shape index (κ2) is 5.38. The molecule has 0 bridgehead atoms. The van der Waals surface area contributed by atoms with Crippen molar-refractivity contribution in [2.75, 3.05) is 13.1 Å². The Morgan fingerprint density at radius 3 is 2.41 bits per heavy atom. The molecule has 1 saturated heterocycles. The van der Waals surface area contributed by atoms with Gasteiger partial charge in [-0.2, -0.15) is 0 Å². The van der Waals surface area contributed by atoms with Gasteiger partial charge in [0.2, 0.25) is 5.91 Å². The summed E-state index contributed by atoms with van der Waals surface area (Å²) in [5.41, 5.74) is 5.81. The van der Waals surface area contributed by atoms with Crippen LogP contribution in [0.1, 0.15) is 46.0 Å². The lowest BCUT2D eigenvalue weighted by Gasteiger charge is -2.32. The zero-order valence-electron chi connectivity index (χ0n) is 11.2. The summed E-state index contributed by atoms with van der Waals surface area (Å²) in [6.45, 7) is 6.05. The number of carbonyl (C=O) groups excluding carboxylic acids is 1. The summed E-state index contributed by atoms with van der Waals surface area (Å²) in [6, 6.07) is 0.293. The number of hydrogen-bond donors (Lipinski definition) is 1. The molecule has 2 N–H and O–H groups in total. The first-order chi connectivity index (χ1) is 8.13. The van der Waals surface area contributed by atoms with E-state index in [4.69, 9.17) is 5.73 Å². The molecule has 2 aliphatic rings. The maximum atomic E-state index is 12.5. The van der Waals surface area contributed by atoms with Gasteiger partial charge in [-0.25, -0.2) is 0 Å². The van der Waals surface area contributed by atoms with E-state index in [0.29, 0.717) is 24.4 Å². The van der Waals surface area contributed by atoms with Crippen molar-refractivity contribution in [2.45, 2.75) is 52.0 Å². The van der Waals surface area contributed by atoms with Gasteiger partial charge in [-0.1, -0.05) is 13.8 Å². The highest BCUT2D eigenvalue weighted by molar-refractivity contribution is 5.79. The van der Waals surface area contributed by atoms with Crippen LogP contribution in [0.15, 0.2) is 0 Å². The average Bonchev–Trinajstić information content (AvgIpc) is 2.70. The van der Waals surface area contributed by atoms with Gasteiger partial charge in [-0.05, 0) is 43.9 Å². The second-order valence-corrected chi connectivity index (χ2v) is 6.06. The average molecular weight is 238 g/mol. The molecule has 2 rings (SSSR count). The quantitative estimate of drug-likeness (QED) is 0.800. The third-order valence-electron chi connectivity index (χ3n) is 4.77. The van der Waals surface area contributed by atoms with Crippen molar-refractivity contribution in [1.29, 1.82) is 0 Å². The minimum Gasteiger partial charge on any atom is -0.338 e. The van der Waals surface area contributed by atoms with Crippen LogP contribution in [0.25, 0.3) is 0 Å². The number of carbonyl (C=O) groups is 1. The molecule has 17 heavy (non-hydrogen) atoms. The monoisotopic (exact) mass is 238 g/mol. The third kappa shape index (κ3) is 2.65. The van der Waals surface area contributed by atoms with Crippen LogP contribution in [0.2, 0.25) is 0 Å². The molecule has 1 saturated carbocycles. The van der Waals surface area contributed by atoms with Crippen LogP contribution in [0.5, 0.6) is 0 Å². The molecule has 0 aromatic carbocycles. The van der Waals surface area contributed by atoms with Gasteiger partial charge in [-0.15, -0.1) is 0 Å². The van der Waals surface area contributed by atoms with E-state index in [1.54, 1.807) is 0 Å². The zero-order valence-corrected chi connectivity index (χ0v) is 11.2. The van der Waals surface area contributed by atoms with E-state index in [1.807, 2.05) is 0 Å². The molecule has 2 atom stereocenters. The lowest BCUT2D eigenvalue weighted by molar-refractivity contribution is -0.137. The SMILES string of the molecule is CC1CCC(C(=O)N2CCC(C)C2CN)CC1. The summed E-state index contributed by atoms with van der Waals surface area (Å²) in [6.07, 6.45) is 5.72. The number of likely N-dealkylation sites (tertiary alicyclic amines) is 1. The summed E-state index contributed by atoms with van der Waals surface area (Å²) in [5, 5.41) is 0. The van der Waals surface area contributed by atoms with E-state index >= 15 is 0 Å². The maximum Gasteiger partial charge on any atom is 0.225 e. The number of nitrogens with two attached hydrogens (primary N) is 1. The molecule has 3 heteroatoms. The van der Waals surface area contributed by atoms with Crippen molar-refractivity contribution < 1.29 is 4.79 Å². The molecular weight excluding hydrogens is 212 g/mol. The van der Waals surface area contributed by atoms with Crippen molar-refractivity contribution in [3.63, 3.8) is 0 Å². The van der Waals surface area contributed by atoms with Crippen LogP contribution in [-0.4, -0.2) is 29.9 Å². The summed E-state index contributed by atoms with van der Waals surface area (Å²) in [5.74, 6) is 2.05. The molecule has 0 spiro atoms. The highest BCUT2D eigenvalue weighted by Gasteiger charge is 2.37. The Balaban J connectivity index is 1.95. The Kier molecular flexibility index (Phi) is 4.08. The van der Waals surface area contributed by atoms with Crippen LogP contribution < -0.4 is 5.73 Å². The molecular formula is C14H26N2O. The van der Waals surface area contributed by atoms with E-state index in [2.05, 4.69) is 18.7 Å². The van der Waals surface area contributed by atoms with Gasteiger partial charge in [0.05, 0.1) is 0 Å². The highest BCUT2D eigenvalue weighted by atomic mass is 16.2. The van der Waals surface area contributed by atoms with Crippen LogP contribution in [0.3, 0.4) is 0 Å². The van der Waals surface area contributed by atoms with Gasteiger partial charge < -0.3 is 10.6 Å². The molecule has 1 heterocycles. The molecule has 1 aliphatic carbocycles. The lowest BCUT2D eigenvalue weighted by atomic mass is 9.82. The summed E-state index contributed by atoms with van der Waals surface area (Å²) in [4.78, 5) is 14.6. The number of nitrogens with zero attached hydrogens (tertiary/aromatic N) is 1. The fourth-order valence-electron chi connectivity index (χ4n) is 3.38. The molecule has 3 nitrogen and oxygen atoms in total. The first-order valence-electron chi connectivity index (χ1n) is 7.14. The van der Waals surface area contributed by atoms with Gasteiger partial charge in [0, 0.05) is 25.0 Å². The first kappa shape index (κ1) is 12.9. The van der Waals surface area contributed by atoms with E-state index < -0.39 is 0 Å². The molecule has 1 aliphatic heterocycles. The lowest BCUT2D eigenvalue weighted by Crippen LogP contribution is -2.45. The van der Waals surface area contributed by atoms with Gasteiger partial charge in [-0.3, -0.25) is 4.79 Å². The molecule has 0 aromatic rings. The van der Waals surface area contributed by atoms with Crippen molar-refractivity contribution in [3.05, 3.63) is 0 Å². The fourth-order valence-corrected chi connectivity index (χ4v) is 3.38. The number of amides is 1. The topological polar surface area (TPSA) is 46.3 Å². The van der Waals surface area contributed by atoms with Crippen LogP contribution in [-0.2, 0) is 4.79 Å². The Morgan fingerprint density at radius 1 is 1.18 bits per heavy atom. The Bertz CT molecular complexity index is 271. The number of hydrogen-bond acceptors (Lipinski definition) is 2. The van der Waals surface area contributed by atoms with Crippen molar-refractivity contribution in [1.82, 2.24) is 4.90 Å². The molecule has 1 amide bonds. The minimum atomic E-state index is 0.283. The highest BCUT2D eigenvalue weighted by Crippen LogP contribution is 2.32. The molecule has 2 fully saturated rings. The molecule has 2 unspecified atom stereocenters. The third-order valence-corrected chi connectivity index (χ3v) is 4.77. The molecule has 0 aromatic heterocycles. The summed E-state index contributed by atoms with van der Waals surface area (Å²) >= 11 is 0. The van der Waals surface area contributed by atoms with Gasteiger partial charge in [0.15, 0.2) is 0 Å². The van der Waals surface area contributed by atoms with E-state index in [-0.39, 0.29) is 5.92 Å². The Hall–Kier alpha value is -0.570. The van der Waals surface area contributed by atoms with Crippen LogP contribution in [0.4, 0.5) is 0 Å². The van der Waals surface area contributed by atoms with Crippen molar-refractivity contribution in [3.8, 4) is 0 Å². The van der Waals surface area contributed by atoms with Crippen LogP contribution in [0, 0.1) is 17.8 Å². The van der Waals surface area contributed by atoms with Gasteiger partial charge >= 0.3 is 0 Å². The summed E-state index contributed by atoms with van der Waals surface area (Å²) in [7, 11) is 0. The second-order valence-electron chi connectivity index (χ2n) is 6.06. The standard InChI is InChI=1S/C14H26N2O/c1-10-3-5-12(6-4-10)14(17)16-8-7-11(2)13(16)9-15/h10-13H,3-9,15H2,1-2H3. The van der Waals surface area contributed by atoms with E-state index in [1.165, 1.54) is 12.8 Å². The van der Waals surface area contributed by atoms with E-state index in [9.17, 15) is 4.79 Å². The molecule has 98 valence electrons. The predicted molar refractivity (Wildman–Crippen MR) is 69.5 cm³/mol. The van der Waals surface area contributed by atoms with Crippen LogP contribution >= 0.6 is 0 Å². The largest absolute Gasteiger partial charge is 0.338 e. The fraction of sp³-hybridized carbons (Fsp3) is 0.929.